The third kappa shape index (κ3) is 3.14. The molecule has 0 aliphatic heterocycles. The van der Waals surface area contributed by atoms with Gasteiger partial charge in [-0.3, -0.25) is 10.1 Å². The van der Waals surface area contributed by atoms with E-state index in [-0.39, 0.29) is 11.6 Å². The van der Waals surface area contributed by atoms with Crippen LogP contribution in [0.4, 0.5) is 5.13 Å². The average molecular weight is 370 g/mol. The summed E-state index contributed by atoms with van der Waals surface area (Å²) in [5.41, 5.74) is 1.85. The Morgan fingerprint density at radius 3 is 2.76 bits per heavy atom. The zero-order valence-electron chi connectivity index (χ0n) is 13.1. The predicted octanol–water partition coefficient (Wildman–Crippen LogP) is 5.17. The number of benzene rings is 2. The van der Waals surface area contributed by atoms with Gasteiger partial charge in [-0.05, 0) is 37.3 Å². The van der Waals surface area contributed by atoms with Gasteiger partial charge in [0.25, 0.3) is 5.91 Å². The van der Waals surface area contributed by atoms with E-state index in [1.54, 1.807) is 13.0 Å². The minimum atomic E-state index is -0.353. The number of carbonyl (C=O) groups is 1. The maximum absolute atomic E-state index is 12.5. The SMILES string of the molecule is Cc1oc(-c2ccccc2)nc1C(=O)Nc1nc2ccc(Cl)cc2s1. The zero-order valence-corrected chi connectivity index (χ0v) is 14.7. The van der Waals surface area contributed by atoms with Gasteiger partial charge in [0.1, 0.15) is 5.76 Å². The predicted molar refractivity (Wildman–Crippen MR) is 99.3 cm³/mol. The molecule has 0 unspecified atom stereocenters. The third-order valence-electron chi connectivity index (χ3n) is 3.60. The molecule has 5 nitrogen and oxygen atoms in total. The molecule has 7 heteroatoms. The largest absolute Gasteiger partial charge is 0.441 e. The molecule has 1 amide bonds. The second kappa shape index (κ2) is 6.31. The molecular weight excluding hydrogens is 358 g/mol. The van der Waals surface area contributed by atoms with E-state index >= 15 is 0 Å². The van der Waals surface area contributed by atoms with Crippen LogP contribution in [0, 0.1) is 6.92 Å². The standard InChI is InChI=1S/C18H12ClN3O2S/c1-10-15(21-17(24-10)11-5-3-2-4-6-11)16(23)22-18-20-13-8-7-12(19)9-14(13)25-18/h2-9H,1H3,(H,20,22,23). The topological polar surface area (TPSA) is 68.0 Å². The summed E-state index contributed by atoms with van der Waals surface area (Å²) >= 11 is 7.34. The van der Waals surface area contributed by atoms with Crippen molar-refractivity contribution in [1.82, 2.24) is 9.97 Å². The maximum atomic E-state index is 12.5. The van der Waals surface area contributed by atoms with Gasteiger partial charge in [-0.2, -0.15) is 0 Å². The number of thiazole rings is 1. The molecule has 0 radical (unpaired) electrons. The molecule has 4 rings (SSSR count). The highest BCUT2D eigenvalue weighted by Gasteiger charge is 2.19. The van der Waals surface area contributed by atoms with Crippen LogP contribution in [0.25, 0.3) is 21.7 Å². The Bertz CT molecular complexity index is 1070. The lowest BCUT2D eigenvalue weighted by molar-refractivity contribution is 0.102. The van der Waals surface area contributed by atoms with Crippen LogP contribution in [0.2, 0.25) is 5.02 Å². The van der Waals surface area contributed by atoms with Gasteiger partial charge in [0, 0.05) is 10.6 Å². The summed E-state index contributed by atoms with van der Waals surface area (Å²) in [7, 11) is 0. The van der Waals surface area contributed by atoms with E-state index in [1.165, 1.54) is 11.3 Å². The number of hydrogen-bond donors (Lipinski definition) is 1. The molecule has 0 saturated carbocycles. The van der Waals surface area contributed by atoms with Gasteiger partial charge >= 0.3 is 0 Å². The molecular formula is C18H12ClN3O2S. The number of aryl methyl sites for hydroxylation is 1. The Morgan fingerprint density at radius 2 is 1.96 bits per heavy atom. The number of amides is 1. The lowest BCUT2D eigenvalue weighted by Gasteiger charge is -1.97. The second-order valence-electron chi connectivity index (χ2n) is 5.38. The molecule has 0 saturated heterocycles. The van der Waals surface area contributed by atoms with Gasteiger partial charge in [0.05, 0.1) is 10.2 Å². The van der Waals surface area contributed by atoms with Crippen LogP contribution >= 0.6 is 22.9 Å². The van der Waals surface area contributed by atoms with Crippen LogP contribution in [0.1, 0.15) is 16.2 Å². The molecule has 2 heterocycles. The molecule has 2 aromatic carbocycles. The van der Waals surface area contributed by atoms with E-state index in [9.17, 15) is 4.79 Å². The summed E-state index contributed by atoms with van der Waals surface area (Å²) in [6.45, 7) is 1.71. The molecule has 25 heavy (non-hydrogen) atoms. The Kier molecular flexibility index (Phi) is 3.99. The van der Waals surface area contributed by atoms with Crippen LogP contribution < -0.4 is 5.32 Å². The highest BCUT2D eigenvalue weighted by atomic mass is 35.5. The Hall–Kier alpha value is -2.70. The quantitative estimate of drug-likeness (QED) is 0.541. The van der Waals surface area contributed by atoms with Crippen molar-refractivity contribution in [2.75, 3.05) is 5.32 Å². The zero-order chi connectivity index (χ0) is 17.4. The second-order valence-corrected chi connectivity index (χ2v) is 6.84. The normalized spacial score (nSPS) is 11.0. The van der Waals surface area contributed by atoms with E-state index in [4.69, 9.17) is 16.0 Å². The van der Waals surface area contributed by atoms with Gasteiger partial charge in [-0.15, -0.1) is 0 Å². The highest BCUT2D eigenvalue weighted by Crippen LogP contribution is 2.29. The van der Waals surface area contributed by atoms with Crippen molar-refractivity contribution in [1.29, 1.82) is 0 Å². The summed E-state index contributed by atoms with van der Waals surface area (Å²) in [5.74, 6) is 0.522. The number of nitrogens with zero attached hydrogens (tertiary/aromatic N) is 2. The summed E-state index contributed by atoms with van der Waals surface area (Å²) in [6, 6.07) is 14.9. The first kappa shape index (κ1) is 15.8. The van der Waals surface area contributed by atoms with Crippen LogP contribution in [0.5, 0.6) is 0 Å². The number of carbonyl (C=O) groups excluding carboxylic acids is 1. The van der Waals surface area contributed by atoms with E-state index < -0.39 is 0 Å². The number of aromatic nitrogens is 2. The maximum Gasteiger partial charge on any atom is 0.279 e. The van der Waals surface area contributed by atoms with E-state index in [0.29, 0.717) is 21.8 Å². The first-order valence-electron chi connectivity index (χ1n) is 7.50. The van der Waals surface area contributed by atoms with Crippen molar-refractivity contribution in [3.63, 3.8) is 0 Å². The molecule has 124 valence electrons. The Labute approximate surface area is 152 Å². The van der Waals surface area contributed by atoms with Crippen LogP contribution in [-0.4, -0.2) is 15.9 Å². The minimum absolute atomic E-state index is 0.246. The third-order valence-corrected chi connectivity index (χ3v) is 4.77. The number of fused-ring (bicyclic) bond motifs is 1. The minimum Gasteiger partial charge on any atom is -0.441 e. The smallest absolute Gasteiger partial charge is 0.279 e. The summed E-state index contributed by atoms with van der Waals surface area (Å²) < 4.78 is 6.53. The van der Waals surface area contributed by atoms with Crippen molar-refractivity contribution in [3.8, 4) is 11.5 Å². The van der Waals surface area contributed by atoms with E-state index in [1.807, 2.05) is 42.5 Å². The lowest BCUT2D eigenvalue weighted by atomic mass is 10.2. The highest BCUT2D eigenvalue weighted by molar-refractivity contribution is 7.22. The molecule has 1 N–H and O–H groups in total. The van der Waals surface area contributed by atoms with Crippen molar-refractivity contribution in [3.05, 3.63) is 65.0 Å². The molecule has 0 aliphatic carbocycles. The monoisotopic (exact) mass is 369 g/mol. The number of halogens is 1. The van der Waals surface area contributed by atoms with Gasteiger partial charge in [-0.1, -0.05) is 41.1 Å². The number of anilines is 1. The Morgan fingerprint density at radius 1 is 1.16 bits per heavy atom. The fourth-order valence-corrected chi connectivity index (χ4v) is 3.56. The molecule has 2 aromatic heterocycles. The fraction of sp³-hybridized carbons (Fsp3) is 0.0556. The van der Waals surface area contributed by atoms with Crippen molar-refractivity contribution in [2.45, 2.75) is 6.92 Å². The number of oxazole rings is 1. The first-order valence-corrected chi connectivity index (χ1v) is 8.70. The lowest BCUT2D eigenvalue weighted by Crippen LogP contribution is -2.13. The van der Waals surface area contributed by atoms with Crippen molar-refractivity contribution < 1.29 is 9.21 Å². The Balaban J connectivity index is 1.61. The number of rotatable bonds is 3. The molecule has 0 bridgehead atoms. The van der Waals surface area contributed by atoms with Gasteiger partial charge in [0.15, 0.2) is 10.8 Å². The summed E-state index contributed by atoms with van der Waals surface area (Å²) in [6.07, 6.45) is 0. The van der Waals surface area contributed by atoms with Crippen LogP contribution in [0.3, 0.4) is 0 Å². The van der Waals surface area contributed by atoms with Crippen molar-refractivity contribution >= 4 is 44.2 Å². The summed E-state index contributed by atoms with van der Waals surface area (Å²) in [4.78, 5) is 21.2. The molecule has 0 aliphatic rings. The average Bonchev–Trinajstić information content (AvgIpc) is 3.18. The number of hydrogen-bond acceptors (Lipinski definition) is 5. The van der Waals surface area contributed by atoms with Gasteiger partial charge < -0.3 is 4.42 Å². The fourth-order valence-electron chi connectivity index (χ4n) is 2.42. The van der Waals surface area contributed by atoms with Gasteiger partial charge in [-0.25, -0.2) is 9.97 Å². The molecule has 0 atom stereocenters. The van der Waals surface area contributed by atoms with E-state index in [0.717, 1.165) is 15.8 Å². The molecule has 4 aromatic rings. The van der Waals surface area contributed by atoms with Crippen LogP contribution in [0.15, 0.2) is 52.9 Å². The first-order chi connectivity index (χ1) is 12.1. The molecule has 0 fully saturated rings. The molecule has 0 spiro atoms. The summed E-state index contributed by atoms with van der Waals surface area (Å²) in [5, 5.41) is 3.90. The van der Waals surface area contributed by atoms with Crippen LogP contribution in [-0.2, 0) is 0 Å². The van der Waals surface area contributed by atoms with E-state index in [2.05, 4.69) is 15.3 Å². The van der Waals surface area contributed by atoms with Gasteiger partial charge in [0.2, 0.25) is 5.89 Å². The number of nitrogens with one attached hydrogen (secondary N) is 1. The van der Waals surface area contributed by atoms with Crippen molar-refractivity contribution in [2.24, 2.45) is 0 Å².